The summed E-state index contributed by atoms with van der Waals surface area (Å²) in [5, 5.41) is 10.4. The number of likely N-dealkylation sites (tertiary alicyclic amines) is 1. The van der Waals surface area contributed by atoms with Crippen molar-refractivity contribution in [2.75, 3.05) is 13.2 Å². The lowest BCUT2D eigenvalue weighted by Gasteiger charge is -2.25. The second kappa shape index (κ2) is 5.29. The van der Waals surface area contributed by atoms with E-state index < -0.39 is 0 Å². The van der Waals surface area contributed by atoms with Crippen molar-refractivity contribution in [3.05, 3.63) is 36.1 Å². The minimum atomic E-state index is -0.311. The normalized spacial score (nSPS) is 20.5. The third kappa shape index (κ3) is 2.20. The Labute approximate surface area is 118 Å². The van der Waals surface area contributed by atoms with Crippen LogP contribution in [0, 0.1) is 0 Å². The number of hydrogen-bond acceptors (Lipinski definition) is 3. The maximum absolute atomic E-state index is 12.5. The Balaban J connectivity index is 1.84. The first-order chi connectivity index (χ1) is 9.70. The van der Waals surface area contributed by atoms with E-state index in [0.717, 1.165) is 30.4 Å². The first kappa shape index (κ1) is 13.2. The lowest BCUT2D eigenvalue weighted by molar-refractivity contribution is -0.134. The zero-order valence-electron chi connectivity index (χ0n) is 11.6. The minimum absolute atomic E-state index is 0.0330. The van der Waals surface area contributed by atoms with Gasteiger partial charge < -0.3 is 14.4 Å². The van der Waals surface area contributed by atoms with Gasteiger partial charge in [-0.25, -0.2) is 0 Å². The highest BCUT2D eigenvalue weighted by Gasteiger charge is 2.32. The van der Waals surface area contributed by atoms with Gasteiger partial charge in [0.2, 0.25) is 5.91 Å². The molecule has 0 radical (unpaired) electrons. The number of carbonyl (C=O) groups excluding carboxylic acids is 1. The molecule has 0 spiro atoms. The van der Waals surface area contributed by atoms with Crippen molar-refractivity contribution < 1.29 is 14.3 Å². The van der Waals surface area contributed by atoms with Gasteiger partial charge in [0.1, 0.15) is 11.3 Å². The third-order valence-corrected chi connectivity index (χ3v) is 4.11. The van der Waals surface area contributed by atoms with Crippen LogP contribution < -0.4 is 0 Å². The Morgan fingerprint density at radius 3 is 3.05 bits per heavy atom. The molecular formula is C16H19NO3. The molecule has 0 saturated carbocycles. The average molecular weight is 273 g/mol. The molecule has 2 heterocycles. The number of aliphatic hydroxyl groups is 1. The number of fused-ring (bicyclic) bond motifs is 1. The van der Waals surface area contributed by atoms with E-state index in [-0.39, 0.29) is 24.5 Å². The van der Waals surface area contributed by atoms with E-state index in [9.17, 15) is 9.90 Å². The van der Waals surface area contributed by atoms with Gasteiger partial charge in [-0.3, -0.25) is 4.79 Å². The molecule has 2 atom stereocenters. The van der Waals surface area contributed by atoms with Crippen molar-refractivity contribution in [2.45, 2.75) is 31.7 Å². The van der Waals surface area contributed by atoms with Crippen LogP contribution in [0.15, 0.2) is 34.7 Å². The Bertz CT molecular complexity index is 586. The molecular weight excluding hydrogens is 254 g/mol. The number of amides is 1. The number of rotatable bonds is 3. The van der Waals surface area contributed by atoms with E-state index in [4.69, 9.17) is 4.42 Å². The molecule has 0 bridgehead atoms. The van der Waals surface area contributed by atoms with Crippen LogP contribution in [0.2, 0.25) is 0 Å². The lowest BCUT2D eigenvalue weighted by Crippen LogP contribution is -2.39. The topological polar surface area (TPSA) is 53.7 Å². The van der Waals surface area contributed by atoms with E-state index in [1.165, 1.54) is 0 Å². The van der Waals surface area contributed by atoms with Gasteiger partial charge >= 0.3 is 0 Å². The molecule has 4 nitrogen and oxygen atoms in total. The van der Waals surface area contributed by atoms with Crippen molar-refractivity contribution in [2.24, 2.45) is 0 Å². The molecule has 0 unspecified atom stereocenters. The van der Waals surface area contributed by atoms with Crippen LogP contribution in [0.5, 0.6) is 0 Å². The summed E-state index contributed by atoms with van der Waals surface area (Å²) in [7, 11) is 0. The zero-order chi connectivity index (χ0) is 14.1. The Morgan fingerprint density at radius 2 is 2.30 bits per heavy atom. The fourth-order valence-corrected chi connectivity index (χ4v) is 2.90. The highest BCUT2D eigenvalue weighted by molar-refractivity contribution is 5.85. The zero-order valence-corrected chi connectivity index (χ0v) is 11.6. The number of para-hydroxylation sites is 1. The first-order valence-electron chi connectivity index (χ1n) is 7.10. The van der Waals surface area contributed by atoms with Gasteiger partial charge in [0.25, 0.3) is 0 Å². The van der Waals surface area contributed by atoms with Crippen LogP contribution in [0.25, 0.3) is 11.0 Å². The second-order valence-electron chi connectivity index (χ2n) is 5.42. The molecule has 1 N–H and O–H groups in total. The van der Waals surface area contributed by atoms with Gasteiger partial charge in [-0.1, -0.05) is 18.2 Å². The SMILES string of the molecule is C[C@@H](C(=O)N1CCC[C@H]1CO)c1cc2ccccc2o1. The summed E-state index contributed by atoms with van der Waals surface area (Å²) in [4.78, 5) is 14.3. The molecule has 106 valence electrons. The standard InChI is InChI=1S/C16H19NO3/c1-11(16(19)17-8-4-6-13(17)10-18)15-9-12-5-2-3-7-14(12)20-15/h2-3,5,7,9,11,13,18H,4,6,8,10H2,1H3/t11-,13+/m1/s1. The number of aliphatic hydroxyl groups excluding tert-OH is 1. The molecule has 0 aliphatic carbocycles. The minimum Gasteiger partial charge on any atom is -0.460 e. The fraction of sp³-hybridized carbons (Fsp3) is 0.438. The largest absolute Gasteiger partial charge is 0.460 e. The summed E-state index contributed by atoms with van der Waals surface area (Å²) in [6.07, 6.45) is 1.85. The van der Waals surface area contributed by atoms with Crippen molar-refractivity contribution >= 4 is 16.9 Å². The molecule has 1 fully saturated rings. The quantitative estimate of drug-likeness (QED) is 0.935. The summed E-state index contributed by atoms with van der Waals surface area (Å²) < 4.78 is 5.77. The smallest absolute Gasteiger partial charge is 0.233 e. The molecule has 1 aromatic carbocycles. The van der Waals surface area contributed by atoms with Crippen LogP contribution in [0.1, 0.15) is 31.4 Å². The van der Waals surface area contributed by atoms with E-state index in [1.807, 2.05) is 37.3 Å². The Kier molecular flexibility index (Phi) is 3.49. The predicted octanol–water partition coefficient (Wildman–Crippen LogP) is 2.52. The van der Waals surface area contributed by atoms with Crippen molar-refractivity contribution in [1.82, 2.24) is 4.90 Å². The van der Waals surface area contributed by atoms with Gasteiger partial charge in [0, 0.05) is 11.9 Å². The molecule has 1 aromatic heterocycles. The molecule has 4 heteroatoms. The maximum atomic E-state index is 12.5. The summed E-state index contributed by atoms with van der Waals surface area (Å²) in [6.45, 7) is 2.64. The van der Waals surface area contributed by atoms with Crippen LogP contribution in [0.3, 0.4) is 0 Å². The van der Waals surface area contributed by atoms with Crippen molar-refractivity contribution in [1.29, 1.82) is 0 Å². The molecule has 3 rings (SSSR count). The van der Waals surface area contributed by atoms with Crippen molar-refractivity contribution in [3.8, 4) is 0 Å². The molecule has 20 heavy (non-hydrogen) atoms. The van der Waals surface area contributed by atoms with Crippen LogP contribution in [0.4, 0.5) is 0 Å². The summed E-state index contributed by atoms with van der Waals surface area (Å²) in [6, 6.07) is 9.66. The molecule has 1 aliphatic rings. The van der Waals surface area contributed by atoms with Gasteiger partial charge in [-0.2, -0.15) is 0 Å². The first-order valence-corrected chi connectivity index (χ1v) is 7.10. The highest BCUT2D eigenvalue weighted by atomic mass is 16.3. The van der Waals surface area contributed by atoms with E-state index >= 15 is 0 Å². The molecule has 1 saturated heterocycles. The number of benzene rings is 1. The lowest BCUT2D eigenvalue weighted by atomic mass is 10.1. The molecule has 2 aromatic rings. The number of hydrogen-bond donors (Lipinski definition) is 1. The van der Waals surface area contributed by atoms with Gasteiger partial charge in [-0.05, 0) is 31.9 Å². The fourth-order valence-electron chi connectivity index (χ4n) is 2.90. The molecule has 1 amide bonds. The third-order valence-electron chi connectivity index (χ3n) is 4.11. The van der Waals surface area contributed by atoms with Crippen LogP contribution >= 0.6 is 0 Å². The van der Waals surface area contributed by atoms with E-state index in [0.29, 0.717) is 5.76 Å². The van der Waals surface area contributed by atoms with Gasteiger partial charge in [-0.15, -0.1) is 0 Å². The summed E-state index contributed by atoms with van der Waals surface area (Å²) in [5.74, 6) is 0.426. The molecule has 1 aliphatic heterocycles. The van der Waals surface area contributed by atoms with E-state index in [1.54, 1.807) is 4.90 Å². The summed E-state index contributed by atoms with van der Waals surface area (Å²) >= 11 is 0. The summed E-state index contributed by atoms with van der Waals surface area (Å²) in [5.41, 5.74) is 0.808. The number of carbonyl (C=O) groups is 1. The maximum Gasteiger partial charge on any atom is 0.233 e. The van der Waals surface area contributed by atoms with Gasteiger partial charge in [0.05, 0.1) is 18.6 Å². The predicted molar refractivity (Wildman–Crippen MR) is 76.4 cm³/mol. The highest BCUT2D eigenvalue weighted by Crippen LogP contribution is 2.28. The van der Waals surface area contributed by atoms with Crippen LogP contribution in [-0.4, -0.2) is 35.1 Å². The van der Waals surface area contributed by atoms with Gasteiger partial charge in [0.15, 0.2) is 0 Å². The average Bonchev–Trinajstić information content (AvgIpc) is 3.11. The van der Waals surface area contributed by atoms with E-state index in [2.05, 4.69) is 0 Å². The number of nitrogens with zero attached hydrogens (tertiary/aromatic N) is 1. The second-order valence-corrected chi connectivity index (χ2v) is 5.42. The monoisotopic (exact) mass is 273 g/mol. The Morgan fingerprint density at radius 1 is 1.50 bits per heavy atom. The number of furan rings is 1. The van der Waals surface area contributed by atoms with Crippen LogP contribution in [-0.2, 0) is 4.79 Å². The Hall–Kier alpha value is -1.81. The van der Waals surface area contributed by atoms with Crippen molar-refractivity contribution in [3.63, 3.8) is 0 Å².